The highest BCUT2D eigenvalue weighted by molar-refractivity contribution is 9.10. The van der Waals surface area contributed by atoms with Gasteiger partial charge in [0, 0.05) is 4.47 Å². The molecule has 0 bridgehead atoms. The van der Waals surface area contributed by atoms with Crippen LogP contribution in [0.2, 0.25) is 5.02 Å². The lowest BCUT2D eigenvalue weighted by Crippen LogP contribution is -2.27. The number of rotatable bonds is 3. The number of ether oxygens (including phenoxy) is 2. The first-order valence-electron chi connectivity index (χ1n) is 5.07. The molecule has 1 aromatic rings. The summed E-state index contributed by atoms with van der Waals surface area (Å²) in [6.07, 6.45) is 0. The predicted molar refractivity (Wildman–Crippen MR) is 70.5 cm³/mol. The Morgan fingerprint density at radius 1 is 1.41 bits per heavy atom. The molecule has 0 saturated heterocycles. The minimum absolute atomic E-state index is 0.154. The number of hydrogen-bond acceptors (Lipinski definition) is 3. The van der Waals surface area contributed by atoms with E-state index in [1.54, 1.807) is 39.0 Å². The van der Waals surface area contributed by atoms with Crippen LogP contribution in [0.5, 0.6) is 5.75 Å². The van der Waals surface area contributed by atoms with Crippen LogP contribution in [0.25, 0.3) is 0 Å². The van der Waals surface area contributed by atoms with Gasteiger partial charge < -0.3 is 9.47 Å². The summed E-state index contributed by atoms with van der Waals surface area (Å²) in [5.41, 5.74) is -0.510. The molecule has 0 aliphatic heterocycles. The van der Waals surface area contributed by atoms with Crippen molar-refractivity contribution in [3.8, 4) is 5.75 Å². The lowest BCUT2D eigenvalue weighted by molar-refractivity contribution is -0.157. The molecule has 0 N–H and O–H groups in total. The summed E-state index contributed by atoms with van der Waals surface area (Å²) in [5.74, 6) is 0.0391. The highest BCUT2D eigenvalue weighted by atomic mass is 79.9. The third-order valence-corrected chi connectivity index (χ3v) is 2.45. The summed E-state index contributed by atoms with van der Waals surface area (Å²) >= 11 is 9.22. The summed E-state index contributed by atoms with van der Waals surface area (Å²) < 4.78 is 11.2. The van der Waals surface area contributed by atoms with E-state index in [1.807, 2.05) is 0 Å². The molecule has 94 valence electrons. The normalized spacial score (nSPS) is 11.1. The zero-order valence-corrected chi connectivity index (χ0v) is 12.3. The fourth-order valence-electron chi connectivity index (χ4n) is 1.10. The Hall–Kier alpha value is -0.740. The number of hydrogen-bond donors (Lipinski definition) is 0. The van der Waals surface area contributed by atoms with E-state index < -0.39 is 11.6 Å². The lowest BCUT2D eigenvalue weighted by atomic mass is 10.2. The van der Waals surface area contributed by atoms with Crippen LogP contribution in [-0.4, -0.2) is 18.2 Å². The molecule has 0 spiro atoms. The van der Waals surface area contributed by atoms with Crippen molar-refractivity contribution in [3.05, 3.63) is 27.7 Å². The first-order valence-corrected chi connectivity index (χ1v) is 6.25. The van der Waals surface area contributed by atoms with Gasteiger partial charge in [-0.1, -0.05) is 27.5 Å². The third-order valence-electron chi connectivity index (χ3n) is 1.66. The lowest BCUT2D eigenvalue weighted by Gasteiger charge is -2.19. The molecular formula is C12H14BrClO3. The van der Waals surface area contributed by atoms with Gasteiger partial charge in [0.2, 0.25) is 0 Å². The molecule has 17 heavy (non-hydrogen) atoms. The summed E-state index contributed by atoms with van der Waals surface area (Å²) in [7, 11) is 0. The smallest absolute Gasteiger partial charge is 0.344 e. The van der Waals surface area contributed by atoms with Crippen LogP contribution in [-0.2, 0) is 9.53 Å². The molecule has 0 aliphatic rings. The molecule has 0 unspecified atom stereocenters. The minimum atomic E-state index is -0.510. The van der Waals surface area contributed by atoms with E-state index in [0.717, 1.165) is 4.47 Å². The van der Waals surface area contributed by atoms with Crippen LogP contribution in [0.4, 0.5) is 0 Å². The Kier molecular flexibility index (Phi) is 4.83. The van der Waals surface area contributed by atoms with Gasteiger partial charge in [-0.3, -0.25) is 0 Å². The molecule has 1 rings (SSSR count). The van der Waals surface area contributed by atoms with Crippen LogP contribution in [0.15, 0.2) is 22.7 Å². The summed E-state index contributed by atoms with van der Waals surface area (Å²) in [4.78, 5) is 11.4. The number of esters is 1. The molecule has 0 radical (unpaired) electrons. The number of carbonyl (C=O) groups is 1. The van der Waals surface area contributed by atoms with Crippen molar-refractivity contribution < 1.29 is 14.3 Å². The largest absolute Gasteiger partial charge is 0.480 e. The molecule has 0 fully saturated rings. The molecule has 0 aromatic heterocycles. The number of carbonyl (C=O) groups excluding carboxylic acids is 1. The van der Waals surface area contributed by atoms with E-state index in [4.69, 9.17) is 21.1 Å². The number of halogens is 2. The van der Waals surface area contributed by atoms with Crippen LogP contribution in [0, 0.1) is 0 Å². The topological polar surface area (TPSA) is 35.5 Å². The van der Waals surface area contributed by atoms with E-state index in [0.29, 0.717) is 10.8 Å². The fourth-order valence-corrected chi connectivity index (χ4v) is 1.83. The molecule has 0 heterocycles. The average molecular weight is 322 g/mol. The Morgan fingerprint density at radius 3 is 2.59 bits per heavy atom. The van der Waals surface area contributed by atoms with Crippen molar-refractivity contribution in [2.45, 2.75) is 26.4 Å². The summed E-state index contributed by atoms with van der Waals surface area (Å²) in [6, 6.07) is 5.18. The standard InChI is InChI=1S/C12H14BrClO3/c1-12(2,3)17-11(15)7-16-10-5-4-8(13)6-9(10)14/h4-6H,7H2,1-3H3. The highest BCUT2D eigenvalue weighted by Crippen LogP contribution is 2.27. The van der Waals surface area contributed by atoms with Gasteiger partial charge in [-0.05, 0) is 39.0 Å². The molecule has 3 nitrogen and oxygen atoms in total. The Morgan fingerprint density at radius 2 is 2.06 bits per heavy atom. The third kappa shape index (κ3) is 5.41. The van der Waals surface area contributed by atoms with E-state index in [9.17, 15) is 4.79 Å². The first-order chi connectivity index (χ1) is 7.78. The van der Waals surface area contributed by atoms with Gasteiger partial charge in [0.25, 0.3) is 0 Å². The summed E-state index contributed by atoms with van der Waals surface area (Å²) in [6.45, 7) is 5.26. The van der Waals surface area contributed by atoms with Crippen LogP contribution in [0.1, 0.15) is 20.8 Å². The fraction of sp³-hybridized carbons (Fsp3) is 0.417. The second-order valence-corrected chi connectivity index (χ2v) is 5.77. The average Bonchev–Trinajstić information content (AvgIpc) is 2.13. The molecule has 0 aliphatic carbocycles. The number of benzene rings is 1. The molecule has 0 amide bonds. The van der Waals surface area contributed by atoms with Gasteiger partial charge in [0.1, 0.15) is 11.4 Å². The van der Waals surface area contributed by atoms with E-state index in [2.05, 4.69) is 15.9 Å². The highest BCUT2D eigenvalue weighted by Gasteiger charge is 2.16. The van der Waals surface area contributed by atoms with Gasteiger partial charge in [-0.15, -0.1) is 0 Å². The van der Waals surface area contributed by atoms with E-state index >= 15 is 0 Å². The van der Waals surface area contributed by atoms with Gasteiger partial charge in [0.05, 0.1) is 5.02 Å². The van der Waals surface area contributed by atoms with Crippen LogP contribution < -0.4 is 4.74 Å². The minimum Gasteiger partial charge on any atom is -0.480 e. The van der Waals surface area contributed by atoms with Gasteiger partial charge in [-0.25, -0.2) is 4.79 Å². The van der Waals surface area contributed by atoms with Crippen molar-refractivity contribution in [2.75, 3.05) is 6.61 Å². The van der Waals surface area contributed by atoms with E-state index in [1.165, 1.54) is 0 Å². The van der Waals surface area contributed by atoms with Gasteiger partial charge >= 0.3 is 5.97 Å². The van der Waals surface area contributed by atoms with Crippen molar-refractivity contribution in [2.24, 2.45) is 0 Å². The zero-order chi connectivity index (χ0) is 13.1. The van der Waals surface area contributed by atoms with Crippen molar-refractivity contribution in [1.82, 2.24) is 0 Å². The van der Waals surface area contributed by atoms with Gasteiger partial charge in [-0.2, -0.15) is 0 Å². The maximum Gasteiger partial charge on any atom is 0.344 e. The Bertz CT molecular complexity index is 413. The molecule has 0 saturated carbocycles. The quantitative estimate of drug-likeness (QED) is 0.794. The van der Waals surface area contributed by atoms with E-state index in [-0.39, 0.29) is 6.61 Å². The second kappa shape index (κ2) is 5.74. The first kappa shape index (κ1) is 14.3. The van der Waals surface area contributed by atoms with Crippen molar-refractivity contribution in [1.29, 1.82) is 0 Å². The monoisotopic (exact) mass is 320 g/mol. The van der Waals surface area contributed by atoms with Crippen LogP contribution in [0.3, 0.4) is 0 Å². The molecule has 1 aromatic carbocycles. The van der Waals surface area contributed by atoms with Gasteiger partial charge in [0.15, 0.2) is 6.61 Å². The Labute approximate surface area is 114 Å². The second-order valence-electron chi connectivity index (χ2n) is 4.45. The Balaban J connectivity index is 2.53. The zero-order valence-electron chi connectivity index (χ0n) is 9.92. The SMILES string of the molecule is CC(C)(C)OC(=O)COc1ccc(Br)cc1Cl. The van der Waals surface area contributed by atoms with Crippen molar-refractivity contribution in [3.63, 3.8) is 0 Å². The maximum atomic E-state index is 11.4. The molecular weight excluding hydrogens is 307 g/mol. The molecule has 0 atom stereocenters. The predicted octanol–water partition coefficient (Wildman–Crippen LogP) is 3.82. The summed E-state index contributed by atoms with van der Waals surface area (Å²) in [5, 5.41) is 0.447. The van der Waals surface area contributed by atoms with Crippen LogP contribution >= 0.6 is 27.5 Å². The molecule has 5 heteroatoms. The maximum absolute atomic E-state index is 11.4. The van der Waals surface area contributed by atoms with Crippen molar-refractivity contribution >= 4 is 33.5 Å².